The van der Waals surface area contributed by atoms with Crippen LogP contribution in [0.1, 0.15) is 36.2 Å². The van der Waals surface area contributed by atoms with E-state index < -0.39 is 12.4 Å². The first-order chi connectivity index (χ1) is 7.41. The Hall–Kier alpha value is -1.04. The summed E-state index contributed by atoms with van der Waals surface area (Å²) in [6.07, 6.45) is -1.79. The number of halogens is 3. The minimum atomic E-state index is -2.69. The van der Waals surface area contributed by atoms with Gasteiger partial charge in [0.15, 0.2) is 0 Å². The predicted molar refractivity (Wildman–Crippen MR) is 57.4 cm³/mol. The van der Waals surface area contributed by atoms with Gasteiger partial charge in [-0.2, -0.15) is 0 Å². The lowest BCUT2D eigenvalue weighted by atomic mass is 10.2. The van der Waals surface area contributed by atoms with Crippen molar-refractivity contribution in [1.82, 2.24) is 4.98 Å². The zero-order valence-corrected chi connectivity index (χ0v) is 10.3. The molecular formula is C10H10BrF2NO2. The summed E-state index contributed by atoms with van der Waals surface area (Å²) in [5.41, 5.74) is -0.301. The van der Waals surface area contributed by atoms with E-state index in [9.17, 15) is 13.6 Å². The molecule has 6 heteroatoms. The molecule has 0 N–H and O–H groups in total. The van der Waals surface area contributed by atoms with Gasteiger partial charge in [-0.25, -0.2) is 18.6 Å². The third-order valence-electron chi connectivity index (χ3n) is 1.68. The lowest BCUT2D eigenvalue weighted by molar-refractivity contribution is 0.0377. The monoisotopic (exact) mass is 293 g/mol. The molecule has 0 saturated heterocycles. The number of nitrogens with zero attached hydrogens (tertiary/aromatic N) is 1. The number of rotatable bonds is 3. The average Bonchev–Trinajstić information content (AvgIpc) is 2.16. The van der Waals surface area contributed by atoms with Crippen LogP contribution in [0.5, 0.6) is 0 Å². The molecular weight excluding hydrogens is 284 g/mol. The van der Waals surface area contributed by atoms with Crippen molar-refractivity contribution >= 4 is 21.9 Å². The smallest absolute Gasteiger partial charge is 0.339 e. The third kappa shape index (κ3) is 3.23. The fourth-order valence-electron chi connectivity index (χ4n) is 1.01. The Kier molecular flexibility index (Phi) is 4.35. The fourth-order valence-corrected chi connectivity index (χ4v) is 1.40. The summed E-state index contributed by atoms with van der Waals surface area (Å²) >= 11 is 2.89. The molecule has 16 heavy (non-hydrogen) atoms. The van der Waals surface area contributed by atoms with Gasteiger partial charge in [-0.15, -0.1) is 0 Å². The van der Waals surface area contributed by atoms with Crippen LogP contribution in [0.25, 0.3) is 0 Å². The summed E-state index contributed by atoms with van der Waals surface area (Å²) in [6.45, 7) is 3.36. The van der Waals surface area contributed by atoms with Crippen LogP contribution >= 0.6 is 15.9 Å². The van der Waals surface area contributed by atoms with Crippen LogP contribution in [-0.2, 0) is 4.74 Å². The topological polar surface area (TPSA) is 39.2 Å². The summed E-state index contributed by atoms with van der Waals surface area (Å²) in [5.74, 6) is -0.656. The number of hydrogen-bond donors (Lipinski definition) is 0. The Morgan fingerprint density at radius 3 is 2.62 bits per heavy atom. The first-order valence-corrected chi connectivity index (χ1v) is 5.35. The van der Waals surface area contributed by atoms with Gasteiger partial charge in [0.05, 0.1) is 17.2 Å². The Balaban J connectivity index is 2.98. The largest absolute Gasteiger partial charge is 0.459 e. The van der Waals surface area contributed by atoms with Crippen molar-refractivity contribution in [2.45, 2.75) is 26.4 Å². The second-order valence-corrected chi connectivity index (χ2v) is 4.11. The Bertz CT molecular complexity index is 396. The van der Waals surface area contributed by atoms with E-state index in [0.29, 0.717) is 0 Å². The van der Waals surface area contributed by atoms with E-state index >= 15 is 0 Å². The molecule has 1 heterocycles. The normalized spacial score (nSPS) is 10.9. The molecule has 0 bridgehead atoms. The van der Waals surface area contributed by atoms with E-state index in [1.165, 1.54) is 6.20 Å². The van der Waals surface area contributed by atoms with Crippen molar-refractivity contribution in [3.05, 3.63) is 28.0 Å². The van der Waals surface area contributed by atoms with Gasteiger partial charge in [-0.3, -0.25) is 0 Å². The van der Waals surface area contributed by atoms with Crippen LogP contribution in [-0.4, -0.2) is 17.1 Å². The SMILES string of the molecule is CC(C)OC(=O)c1cnc(Br)c(C(F)F)c1. The second kappa shape index (κ2) is 5.34. The van der Waals surface area contributed by atoms with Crippen molar-refractivity contribution in [2.24, 2.45) is 0 Å². The average molecular weight is 294 g/mol. The molecule has 0 amide bonds. The number of esters is 1. The van der Waals surface area contributed by atoms with Gasteiger partial charge < -0.3 is 4.74 Å². The number of aromatic nitrogens is 1. The van der Waals surface area contributed by atoms with Gasteiger partial charge in [0, 0.05) is 6.20 Å². The van der Waals surface area contributed by atoms with Crippen molar-refractivity contribution < 1.29 is 18.3 Å². The van der Waals surface area contributed by atoms with E-state index in [0.717, 1.165) is 6.07 Å². The first kappa shape index (κ1) is 13.0. The highest BCUT2D eigenvalue weighted by molar-refractivity contribution is 9.10. The predicted octanol–water partition coefficient (Wildman–Crippen LogP) is 3.35. The van der Waals surface area contributed by atoms with Gasteiger partial charge >= 0.3 is 5.97 Å². The van der Waals surface area contributed by atoms with Gasteiger partial charge in [0.2, 0.25) is 0 Å². The molecule has 0 aliphatic heterocycles. The highest BCUT2D eigenvalue weighted by Gasteiger charge is 2.17. The summed E-state index contributed by atoms with van der Waals surface area (Å²) in [5, 5.41) is 0. The maximum atomic E-state index is 12.5. The van der Waals surface area contributed by atoms with E-state index in [2.05, 4.69) is 20.9 Å². The number of alkyl halides is 2. The minimum Gasteiger partial charge on any atom is -0.459 e. The second-order valence-electron chi connectivity index (χ2n) is 3.36. The Morgan fingerprint density at radius 1 is 1.50 bits per heavy atom. The quantitative estimate of drug-likeness (QED) is 0.634. The lowest BCUT2D eigenvalue weighted by Crippen LogP contribution is -2.12. The Labute approximate surface area is 99.9 Å². The number of carbonyl (C=O) groups is 1. The van der Waals surface area contributed by atoms with Crippen molar-refractivity contribution in [2.75, 3.05) is 0 Å². The molecule has 0 aromatic carbocycles. The zero-order valence-electron chi connectivity index (χ0n) is 8.71. The van der Waals surface area contributed by atoms with Crippen LogP contribution < -0.4 is 0 Å². The molecule has 0 spiro atoms. The number of carbonyl (C=O) groups excluding carboxylic acids is 1. The van der Waals surface area contributed by atoms with Crippen LogP contribution in [0.4, 0.5) is 8.78 Å². The summed E-state index contributed by atoms with van der Waals surface area (Å²) in [4.78, 5) is 15.1. The van der Waals surface area contributed by atoms with Gasteiger partial charge in [-0.05, 0) is 35.8 Å². The summed E-state index contributed by atoms with van der Waals surface area (Å²) < 4.78 is 29.9. The Morgan fingerprint density at radius 2 is 2.12 bits per heavy atom. The highest BCUT2D eigenvalue weighted by Crippen LogP contribution is 2.26. The molecule has 88 valence electrons. The number of hydrogen-bond acceptors (Lipinski definition) is 3. The standard InChI is InChI=1S/C10H10BrF2NO2/c1-5(2)16-10(15)6-3-7(9(12)13)8(11)14-4-6/h3-5,9H,1-2H3. The molecule has 0 aliphatic rings. The van der Waals surface area contributed by atoms with E-state index in [1.807, 2.05) is 0 Å². The van der Waals surface area contributed by atoms with Crippen molar-refractivity contribution in [1.29, 1.82) is 0 Å². The van der Waals surface area contributed by atoms with Crippen molar-refractivity contribution in [3.63, 3.8) is 0 Å². The van der Waals surface area contributed by atoms with Gasteiger partial charge in [-0.1, -0.05) is 0 Å². The molecule has 3 nitrogen and oxygen atoms in total. The molecule has 0 unspecified atom stereocenters. The number of pyridine rings is 1. The van der Waals surface area contributed by atoms with Crippen LogP contribution in [0.2, 0.25) is 0 Å². The van der Waals surface area contributed by atoms with Crippen LogP contribution in [0.15, 0.2) is 16.9 Å². The van der Waals surface area contributed by atoms with Gasteiger partial charge in [0.25, 0.3) is 6.43 Å². The lowest BCUT2D eigenvalue weighted by Gasteiger charge is -2.09. The number of ether oxygens (including phenoxy) is 1. The minimum absolute atomic E-state index is 0.0206. The molecule has 0 aliphatic carbocycles. The highest BCUT2D eigenvalue weighted by atomic mass is 79.9. The summed E-state index contributed by atoms with van der Waals surface area (Å²) in [6, 6.07) is 1.08. The molecule has 0 saturated carbocycles. The van der Waals surface area contributed by atoms with E-state index in [1.54, 1.807) is 13.8 Å². The van der Waals surface area contributed by atoms with E-state index in [4.69, 9.17) is 4.74 Å². The fraction of sp³-hybridized carbons (Fsp3) is 0.400. The first-order valence-electron chi connectivity index (χ1n) is 4.56. The van der Waals surface area contributed by atoms with Gasteiger partial charge in [0.1, 0.15) is 4.60 Å². The molecule has 1 aromatic rings. The molecule has 0 radical (unpaired) electrons. The summed E-state index contributed by atoms with van der Waals surface area (Å²) in [7, 11) is 0. The zero-order chi connectivity index (χ0) is 12.3. The van der Waals surface area contributed by atoms with Crippen molar-refractivity contribution in [3.8, 4) is 0 Å². The molecule has 1 aromatic heterocycles. The maximum absolute atomic E-state index is 12.5. The third-order valence-corrected chi connectivity index (χ3v) is 2.34. The molecule has 1 rings (SSSR count). The molecule has 0 atom stereocenters. The van der Waals surface area contributed by atoms with Crippen LogP contribution in [0.3, 0.4) is 0 Å². The van der Waals surface area contributed by atoms with Crippen LogP contribution in [0, 0.1) is 0 Å². The van der Waals surface area contributed by atoms with E-state index in [-0.39, 0.29) is 21.8 Å². The maximum Gasteiger partial charge on any atom is 0.339 e. The molecule has 0 fully saturated rings.